The van der Waals surface area contributed by atoms with Crippen LogP contribution in [0.15, 0.2) is 30.7 Å². The van der Waals surface area contributed by atoms with Crippen molar-refractivity contribution in [3.05, 3.63) is 42.0 Å². The van der Waals surface area contributed by atoms with Crippen molar-refractivity contribution >= 4 is 17.6 Å². The molecular weight excluding hydrogens is 248 g/mol. The van der Waals surface area contributed by atoms with E-state index < -0.39 is 5.97 Å². The highest BCUT2D eigenvalue weighted by atomic mass is 16.4. The molecule has 19 heavy (non-hydrogen) atoms. The van der Waals surface area contributed by atoms with E-state index in [1.165, 1.54) is 23.3 Å². The molecule has 0 aliphatic carbocycles. The molecule has 0 aromatic carbocycles. The summed E-state index contributed by atoms with van der Waals surface area (Å²) < 4.78 is 1.23. The number of nitrogens with one attached hydrogen (secondary N) is 1. The summed E-state index contributed by atoms with van der Waals surface area (Å²) >= 11 is 0. The van der Waals surface area contributed by atoms with Crippen molar-refractivity contribution < 1.29 is 14.7 Å². The highest BCUT2D eigenvalue weighted by Gasteiger charge is 2.11. The molecule has 98 valence electrons. The van der Waals surface area contributed by atoms with Gasteiger partial charge in [0, 0.05) is 12.4 Å². The van der Waals surface area contributed by atoms with E-state index in [1.54, 1.807) is 19.1 Å². The van der Waals surface area contributed by atoms with Crippen molar-refractivity contribution in [3.63, 3.8) is 0 Å². The Hall–Kier alpha value is -2.70. The van der Waals surface area contributed by atoms with E-state index in [0.717, 1.165) is 5.56 Å². The molecule has 2 N–H and O–H groups in total. The first-order chi connectivity index (χ1) is 9.06. The molecule has 0 bridgehead atoms. The van der Waals surface area contributed by atoms with Gasteiger partial charge < -0.3 is 10.4 Å². The van der Waals surface area contributed by atoms with Gasteiger partial charge in [0.1, 0.15) is 12.2 Å². The maximum absolute atomic E-state index is 11.9. The lowest BCUT2D eigenvalue weighted by molar-refractivity contribution is -0.137. The van der Waals surface area contributed by atoms with Gasteiger partial charge in [0.2, 0.25) is 0 Å². The predicted molar refractivity (Wildman–Crippen MR) is 66.8 cm³/mol. The van der Waals surface area contributed by atoms with Crippen LogP contribution < -0.4 is 5.32 Å². The van der Waals surface area contributed by atoms with E-state index >= 15 is 0 Å². The van der Waals surface area contributed by atoms with E-state index in [4.69, 9.17) is 5.11 Å². The summed E-state index contributed by atoms with van der Waals surface area (Å²) in [4.78, 5) is 26.4. The number of carboxylic acids is 1. The summed E-state index contributed by atoms with van der Waals surface area (Å²) in [5, 5.41) is 15.1. The Labute approximate surface area is 108 Å². The maximum Gasteiger partial charge on any atom is 0.325 e. The summed E-state index contributed by atoms with van der Waals surface area (Å²) in [6, 6.07) is 3.53. The number of carboxylic acid groups (broad SMARTS) is 1. The zero-order chi connectivity index (χ0) is 13.8. The molecule has 0 saturated carbocycles. The number of aryl methyl sites for hydroxylation is 1. The normalized spacial score (nSPS) is 10.2. The summed E-state index contributed by atoms with van der Waals surface area (Å²) in [6.45, 7) is 1.54. The van der Waals surface area contributed by atoms with Crippen molar-refractivity contribution in [2.75, 3.05) is 5.32 Å². The van der Waals surface area contributed by atoms with Gasteiger partial charge in [-0.3, -0.25) is 19.3 Å². The number of amides is 1. The summed E-state index contributed by atoms with van der Waals surface area (Å²) in [7, 11) is 0. The third kappa shape index (κ3) is 3.15. The van der Waals surface area contributed by atoms with Crippen LogP contribution >= 0.6 is 0 Å². The van der Waals surface area contributed by atoms with Crippen LogP contribution in [0.3, 0.4) is 0 Å². The van der Waals surface area contributed by atoms with Gasteiger partial charge in [-0.2, -0.15) is 5.10 Å². The van der Waals surface area contributed by atoms with Gasteiger partial charge in [-0.05, 0) is 18.6 Å². The topological polar surface area (TPSA) is 97.1 Å². The molecule has 2 aromatic rings. The molecule has 2 rings (SSSR count). The zero-order valence-corrected chi connectivity index (χ0v) is 10.2. The minimum atomic E-state index is -0.999. The number of aromatic nitrogens is 3. The molecule has 7 nitrogen and oxygen atoms in total. The van der Waals surface area contributed by atoms with Crippen molar-refractivity contribution in [2.24, 2.45) is 0 Å². The summed E-state index contributed by atoms with van der Waals surface area (Å²) in [5.41, 5.74) is 1.52. The van der Waals surface area contributed by atoms with E-state index in [0.29, 0.717) is 11.4 Å². The van der Waals surface area contributed by atoms with Gasteiger partial charge in [-0.25, -0.2) is 0 Å². The monoisotopic (exact) mass is 260 g/mol. The van der Waals surface area contributed by atoms with Crippen LogP contribution in [0.5, 0.6) is 0 Å². The minimum absolute atomic E-state index is 0.252. The van der Waals surface area contributed by atoms with Crippen molar-refractivity contribution in [2.45, 2.75) is 13.5 Å². The van der Waals surface area contributed by atoms with Gasteiger partial charge in [0.25, 0.3) is 5.91 Å². The fourth-order valence-corrected chi connectivity index (χ4v) is 1.57. The van der Waals surface area contributed by atoms with E-state index in [1.807, 2.05) is 0 Å². The van der Waals surface area contributed by atoms with Gasteiger partial charge in [0.15, 0.2) is 0 Å². The Kier molecular flexibility index (Phi) is 3.56. The molecule has 0 spiro atoms. The standard InChI is InChI=1S/C12H12N4O3/c1-8-3-2-4-13-11(8)12(19)15-9-5-14-16(6-9)7-10(17)18/h2-6H,7H2,1H3,(H,15,19)(H,17,18). The fourth-order valence-electron chi connectivity index (χ4n) is 1.57. The van der Waals surface area contributed by atoms with Gasteiger partial charge in [-0.1, -0.05) is 6.07 Å². The molecule has 0 unspecified atom stereocenters. The van der Waals surface area contributed by atoms with Crippen LogP contribution in [-0.2, 0) is 11.3 Å². The first-order valence-electron chi connectivity index (χ1n) is 5.53. The van der Waals surface area contributed by atoms with Crippen molar-refractivity contribution in [1.82, 2.24) is 14.8 Å². The number of rotatable bonds is 4. The van der Waals surface area contributed by atoms with E-state index in [2.05, 4.69) is 15.4 Å². The maximum atomic E-state index is 11.9. The molecule has 0 fully saturated rings. The number of aliphatic carboxylic acids is 1. The number of pyridine rings is 1. The number of hydrogen-bond donors (Lipinski definition) is 2. The quantitative estimate of drug-likeness (QED) is 0.852. The molecular formula is C12H12N4O3. The minimum Gasteiger partial charge on any atom is -0.480 e. The van der Waals surface area contributed by atoms with Crippen molar-refractivity contribution in [3.8, 4) is 0 Å². The lowest BCUT2D eigenvalue weighted by Gasteiger charge is -2.03. The molecule has 2 heterocycles. The average molecular weight is 260 g/mol. The second kappa shape index (κ2) is 5.30. The van der Waals surface area contributed by atoms with Gasteiger partial charge >= 0.3 is 5.97 Å². The third-order valence-electron chi connectivity index (χ3n) is 2.41. The predicted octanol–water partition coefficient (Wildman–Crippen LogP) is 0.923. The Balaban J connectivity index is 2.09. The SMILES string of the molecule is Cc1cccnc1C(=O)Nc1cnn(CC(=O)O)c1. The van der Waals surface area contributed by atoms with Gasteiger partial charge in [-0.15, -0.1) is 0 Å². The smallest absolute Gasteiger partial charge is 0.325 e. The fraction of sp³-hybridized carbons (Fsp3) is 0.167. The second-order valence-corrected chi connectivity index (χ2v) is 3.94. The largest absolute Gasteiger partial charge is 0.480 e. The first-order valence-corrected chi connectivity index (χ1v) is 5.53. The van der Waals surface area contributed by atoms with Crippen LogP contribution in [0.4, 0.5) is 5.69 Å². The molecule has 0 atom stereocenters. The number of hydrogen-bond acceptors (Lipinski definition) is 4. The first kappa shape index (κ1) is 12.7. The van der Waals surface area contributed by atoms with E-state index in [-0.39, 0.29) is 12.5 Å². The van der Waals surface area contributed by atoms with E-state index in [9.17, 15) is 9.59 Å². The molecule has 0 aliphatic heterocycles. The highest BCUT2D eigenvalue weighted by molar-refractivity contribution is 6.03. The molecule has 0 saturated heterocycles. The lowest BCUT2D eigenvalue weighted by atomic mass is 10.2. The zero-order valence-electron chi connectivity index (χ0n) is 10.2. The lowest BCUT2D eigenvalue weighted by Crippen LogP contribution is -2.14. The Morgan fingerprint density at radius 2 is 2.26 bits per heavy atom. The molecule has 7 heteroatoms. The summed E-state index contributed by atoms with van der Waals surface area (Å²) in [6.07, 6.45) is 4.37. The van der Waals surface area contributed by atoms with Crippen LogP contribution in [0, 0.1) is 6.92 Å². The Bertz CT molecular complexity index is 621. The van der Waals surface area contributed by atoms with Crippen LogP contribution in [0.1, 0.15) is 16.1 Å². The second-order valence-electron chi connectivity index (χ2n) is 3.94. The number of anilines is 1. The number of carbonyl (C=O) groups excluding carboxylic acids is 1. The summed E-state index contributed by atoms with van der Waals surface area (Å²) in [5.74, 6) is -1.35. The molecule has 0 radical (unpaired) electrons. The Morgan fingerprint density at radius 3 is 2.95 bits per heavy atom. The third-order valence-corrected chi connectivity index (χ3v) is 2.41. The van der Waals surface area contributed by atoms with Crippen LogP contribution in [0.25, 0.3) is 0 Å². The van der Waals surface area contributed by atoms with Crippen LogP contribution in [-0.4, -0.2) is 31.7 Å². The molecule has 0 aliphatic rings. The molecule has 2 aromatic heterocycles. The molecule has 1 amide bonds. The number of carbonyl (C=O) groups is 2. The van der Waals surface area contributed by atoms with Gasteiger partial charge in [0.05, 0.1) is 11.9 Å². The number of nitrogens with zero attached hydrogens (tertiary/aromatic N) is 3. The van der Waals surface area contributed by atoms with Crippen LogP contribution in [0.2, 0.25) is 0 Å². The average Bonchev–Trinajstić information content (AvgIpc) is 2.76. The van der Waals surface area contributed by atoms with Crippen molar-refractivity contribution in [1.29, 1.82) is 0 Å². The Morgan fingerprint density at radius 1 is 1.47 bits per heavy atom. The highest BCUT2D eigenvalue weighted by Crippen LogP contribution is 2.09.